The molecule has 1 aromatic rings. The van der Waals surface area contributed by atoms with Crippen LogP contribution in [-0.2, 0) is 0 Å². The van der Waals surface area contributed by atoms with Crippen LogP contribution in [0.1, 0.15) is 32.3 Å². The molecule has 0 radical (unpaired) electrons. The molecule has 0 saturated carbocycles. The summed E-state index contributed by atoms with van der Waals surface area (Å²) in [5.41, 5.74) is 0.957. The maximum absolute atomic E-state index is 11.0. The van der Waals surface area contributed by atoms with Gasteiger partial charge in [-0.25, -0.2) is 0 Å². The number of aliphatic hydroxyl groups is 1. The number of aryl methyl sites for hydroxylation is 1. The fourth-order valence-corrected chi connectivity index (χ4v) is 1.88. The number of rotatable bonds is 6. The van der Waals surface area contributed by atoms with E-state index in [2.05, 4.69) is 5.32 Å². The Hall–Kier alpha value is -1.62. The molecule has 0 heterocycles. The molecule has 0 saturated heterocycles. The van der Waals surface area contributed by atoms with Crippen LogP contribution in [0, 0.1) is 17.0 Å². The Morgan fingerprint density at radius 3 is 2.44 bits per heavy atom. The molecule has 0 atom stereocenters. The zero-order valence-electron chi connectivity index (χ0n) is 11.1. The summed E-state index contributed by atoms with van der Waals surface area (Å²) >= 11 is 0. The SMILES string of the molecule is CCC(CC)(CO)Nc1cc(C)ccc1[N+](=O)[O-]. The number of nitrogens with zero attached hydrogens (tertiary/aromatic N) is 1. The van der Waals surface area contributed by atoms with E-state index in [0.717, 1.165) is 5.56 Å². The van der Waals surface area contributed by atoms with Crippen LogP contribution in [0.4, 0.5) is 11.4 Å². The maximum atomic E-state index is 11.0. The number of benzene rings is 1. The number of hydrogen-bond acceptors (Lipinski definition) is 4. The Balaban J connectivity index is 3.16. The molecular formula is C13H20N2O3. The van der Waals surface area contributed by atoms with E-state index in [1.807, 2.05) is 20.8 Å². The molecule has 5 heteroatoms. The monoisotopic (exact) mass is 252 g/mol. The van der Waals surface area contributed by atoms with E-state index >= 15 is 0 Å². The van der Waals surface area contributed by atoms with Crippen molar-refractivity contribution in [3.05, 3.63) is 33.9 Å². The standard InChI is InChI=1S/C13H20N2O3/c1-4-13(5-2,9-16)14-11-8-10(3)6-7-12(11)15(17)18/h6-8,14,16H,4-5,9H2,1-3H3. The summed E-state index contributed by atoms with van der Waals surface area (Å²) in [5.74, 6) is 0. The third-order valence-corrected chi connectivity index (χ3v) is 3.40. The number of aliphatic hydroxyl groups excluding tert-OH is 1. The number of anilines is 1. The first kappa shape index (κ1) is 14.4. The lowest BCUT2D eigenvalue weighted by molar-refractivity contribution is -0.384. The molecule has 0 amide bonds. The van der Waals surface area contributed by atoms with Gasteiger partial charge < -0.3 is 10.4 Å². The van der Waals surface area contributed by atoms with Crippen molar-refractivity contribution < 1.29 is 10.0 Å². The zero-order valence-corrected chi connectivity index (χ0v) is 11.1. The van der Waals surface area contributed by atoms with Crippen molar-refractivity contribution in [1.29, 1.82) is 0 Å². The van der Waals surface area contributed by atoms with Crippen molar-refractivity contribution in [2.24, 2.45) is 0 Å². The van der Waals surface area contributed by atoms with Gasteiger partial charge >= 0.3 is 0 Å². The first-order valence-electron chi connectivity index (χ1n) is 6.12. The van der Waals surface area contributed by atoms with Crippen LogP contribution in [0.5, 0.6) is 0 Å². The minimum Gasteiger partial charge on any atom is -0.394 e. The van der Waals surface area contributed by atoms with Gasteiger partial charge in [0.25, 0.3) is 5.69 Å². The van der Waals surface area contributed by atoms with Crippen molar-refractivity contribution in [2.45, 2.75) is 39.2 Å². The highest BCUT2D eigenvalue weighted by Gasteiger charge is 2.27. The highest BCUT2D eigenvalue weighted by Crippen LogP contribution is 2.30. The molecule has 18 heavy (non-hydrogen) atoms. The first-order valence-corrected chi connectivity index (χ1v) is 6.12. The highest BCUT2D eigenvalue weighted by atomic mass is 16.6. The summed E-state index contributed by atoms with van der Waals surface area (Å²) in [7, 11) is 0. The third-order valence-electron chi connectivity index (χ3n) is 3.40. The fourth-order valence-electron chi connectivity index (χ4n) is 1.88. The predicted octanol–water partition coefficient (Wildman–Crippen LogP) is 2.87. The molecular weight excluding hydrogens is 232 g/mol. The highest BCUT2D eigenvalue weighted by molar-refractivity contribution is 5.63. The van der Waals surface area contributed by atoms with Crippen molar-refractivity contribution in [3.63, 3.8) is 0 Å². The predicted molar refractivity (Wildman–Crippen MR) is 71.9 cm³/mol. The Labute approximate surface area is 107 Å². The van der Waals surface area contributed by atoms with Crippen molar-refractivity contribution in [3.8, 4) is 0 Å². The van der Waals surface area contributed by atoms with Gasteiger partial charge in [0.05, 0.1) is 17.1 Å². The average molecular weight is 252 g/mol. The summed E-state index contributed by atoms with van der Waals surface area (Å²) in [6.45, 7) is 5.74. The molecule has 1 rings (SSSR count). The maximum Gasteiger partial charge on any atom is 0.292 e. The van der Waals surface area contributed by atoms with Crippen LogP contribution < -0.4 is 5.32 Å². The van der Waals surface area contributed by atoms with Crippen molar-refractivity contribution in [1.82, 2.24) is 0 Å². The van der Waals surface area contributed by atoms with Gasteiger partial charge in [0.15, 0.2) is 0 Å². The van der Waals surface area contributed by atoms with Crippen LogP contribution in [0.25, 0.3) is 0 Å². The normalized spacial score (nSPS) is 11.3. The summed E-state index contributed by atoms with van der Waals surface area (Å²) in [6, 6.07) is 4.95. The van der Waals surface area contributed by atoms with E-state index in [1.54, 1.807) is 12.1 Å². The molecule has 0 bridgehead atoms. The Bertz CT molecular complexity index is 420. The lowest BCUT2D eigenvalue weighted by Gasteiger charge is -2.31. The van der Waals surface area contributed by atoms with Gasteiger partial charge in [0.2, 0.25) is 0 Å². The van der Waals surface area contributed by atoms with Crippen LogP contribution >= 0.6 is 0 Å². The van der Waals surface area contributed by atoms with Crippen LogP contribution in [0.2, 0.25) is 0 Å². The summed E-state index contributed by atoms with van der Waals surface area (Å²) in [6.07, 6.45) is 1.40. The lowest BCUT2D eigenvalue weighted by Crippen LogP contribution is -2.41. The average Bonchev–Trinajstić information content (AvgIpc) is 2.36. The van der Waals surface area contributed by atoms with Crippen LogP contribution in [0.15, 0.2) is 18.2 Å². The Kier molecular flexibility index (Phi) is 4.67. The van der Waals surface area contributed by atoms with Crippen LogP contribution in [0.3, 0.4) is 0 Å². The van der Waals surface area contributed by atoms with E-state index in [9.17, 15) is 15.2 Å². The smallest absolute Gasteiger partial charge is 0.292 e. The van der Waals surface area contributed by atoms with Gasteiger partial charge in [0, 0.05) is 6.07 Å². The summed E-state index contributed by atoms with van der Waals surface area (Å²) in [4.78, 5) is 10.6. The van der Waals surface area contributed by atoms with Gasteiger partial charge in [-0.1, -0.05) is 19.9 Å². The lowest BCUT2D eigenvalue weighted by atomic mass is 9.93. The Morgan fingerprint density at radius 2 is 2.00 bits per heavy atom. The molecule has 1 aromatic carbocycles. The number of nitro groups is 1. The number of nitrogens with one attached hydrogen (secondary N) is 1. The molecule has 5 nitrogen and oxygen atoms in total. The number of hydrogen-bond donors (Lipinski definition) is 2. The second kappa shape index (κ2) is 5.82. The molecule has 0 aromatic heterocycles. The summed E-state index contributed by atoms with van der Waals surface area (Å²) in [5, 5.41) is 23.6. The quantitative estimate of drug-likeness (QED) is 0.603. The topological polar surface area (TPSA) is 75.4 Å². The van der Waals surface area contributed by atoms with E-state index in [0.29, 0.717) is 18.5 Å². The summed E-state index contributed by atoms with van der Waals surface area (Å²) < 4.78 is 0. The molecule has 0 aliphatic carbocycles. The molecule has 0 fully saturated rings. The minimum absolute atomic E-state index is 0.0420. The molecule has 0 aliphatic rings. The second-order valence-electron chi connectivity index (χ2n) is 4.55. The first-order chi connectivity index (χ1) is 8.48. The molecule has 100 valence electrons. The van der Waals surface area contributed by atoms with Gasteiger partial charge in [-0.3, -0.25) is 10.1 Å². The molecule has 0 spiro atoms. The van der Waals surface area contributed by atoms with Crippen molar-refractivity contribution in [2.75, 3.05) is 11.9 Å². The second-order valence-corrected chi connectivity index (χ2v) is 4.55. The number of nitro benzene ring substituents is 1. The Morgan fingerprint density at radius 1 is 1.39 bits per heavy atom. The van der Waals surface area contributed by atoms with E-state index in [1.165, 1.54) is 6.07 Å². The molecule has 0 aliphatic heterocycles. The zero-order chi connectivity index (χ0) is 13.8. The third kappa shape index (κ3) is 2.98. The van der Waals surface area contributed by atoms with Gasteiger partial charge in [-0.05, 0) is 31.4 Å². The van der Waals surface area contributed by atoms with Gasteiger partial charge in [-0.2, -0.15) is 0 Å². The fraction of sp³-hybridized carbons (Fsp3) is 0.538. The van der Waals surface area contributed by atoms with Crippen LogP contribution in [-0.4, -0.2) is 22.2 Å². The molecule has 2 N–H and O–H groups in total. The molecule has 0 unspecified atom stereocenters. The largest absolute Gasteiger partial charge is 0.394 e. The van der Waals surface area contributed by atoms with Gasteiger partial charge in [0.1, 0.15) is 5.69 Å². The minimum atomic E-state index is -0.501. The van der Waals surface area contributed by atoms with E-state index < -0.39 is 10.5 Å². The van der Waals surface area contributed by atoms with E-state index in [-0.39, 0.29) is 12.3 Å². The van der Waals surface area contributed by atoms with E-state index in [4.69, 9.17) is 0 Å². The van der Waals surface area contributed by atoms with Crippen molar-refractivity contribution >= 4 is 11.4 Å². The van der Waals surface area contributed by atoms with Gasteiger partial charge in [-0.15, -0.1) is 0 Å².